The van der Waals surface area contributed by atoms with Crippen molar-refractivity contribution in [1.29, 1.82) is 0 Å². The van der Waals surface area contributed by atoms with E-state index >= 15 is 0 Å². The molecular weight excluding hydrogens is 356 g/mol. The van der Waals surface area contributed by atoms with Gasteiger partial charge < -0.3 is 9.72 Å². The van der Waals surface area contributed by atoms with Gasteiger partial charge in [-0.05, 0) is 50.9 Å². The Morgan fingerprint density at radius 3 is 2.92 bits per heavy atom. The lowest BCUT2D eigenvalue weighted by Gasteiger charge is -2.22. The van der Waals surface area contributed by atoms with Gasteiger partial charge in [0.05, 0.1) is 6.61 Å². The fraction of sp³-hybridized carbons (Fsp3) is 0.526. The van der Waals surface area contributed by atoms with E-state index < -0.39 is 0 Å². The molecule has 3 rings (SSSR count). The van der Waals surface area contributed by atoms with Crippen molar-refractivity contribution in [2.24, 2.45) is 0 Å². The van der Waals surface area contributed by atoms with Gasteiger partial charge in [0, 0.05) is 46.3 Å². The first-order valence-electron chi connectivity index (χ1n) is 8.67. The van der Waals surface area contributed by atoms with Crippen LogP contribution < -0.4 is 5.56 Å². The third-order valence-corrected chi connectivity index (χ3v) is 5.94. The second-order valence-corrected chi connectivity index (χ2v) is 7.67. The molecular formula is C19H27ClN2O2S. The zero-order valence-electron chi connectivity index (χ0n) is 15.1. The number of nitrogens with one attached hydrogen (secondary N) is 1. The summed E-state index contributed by atoms with van der Waals surface area (Å²) in [5.74, 6) is 0. The Bertz CT molecular complexity index is 756. The van der Waals surface area contributed by atoms with Gasteiger partial charge in [0.1, 0.15) is 0 Å². The van der Waals surface area contributed by atoms with E-state index in [1.165, 1.54) is 22.6 Å². The first kappa shape index (κ1) is 20.2. The van der Waals surface area contributed by atoms with Gasteiger partial charge in [-0.2, -0.15) is 0 Å². The number of pyridine rings is 1. The molecule has 1 fully saturated rings. The monoisotopic (exact) mass is 382 g/mol. The molecule has 1 aliphatic rings. The number of methoxy groups -OCH3 is 1. The molecule has 0 amide bonds. The third-order valence-electron chi connectivity index (χ3n) is 4.84. The molecule has 2 aromatic rings. The van der Waals surface area contributed by atoms with E-state index in [1.807, 2.05) is 31.3 Å². The van der Waals surface area contributed by atoms with E-state index in [0.717, 1.165) is 42.9 Å². The molecule has 138 valence electrons. The molecule has 2 aromatic heterocycles. The van der Waals surface area contributed by atoms with Crippen LogP contribution in [-0.4, -0.2) is 36.2 Å². The molecule has 0 radical (unpaired) electrons. The summed E-state index contributed by atoms with van der Waals surface area (Å²) in [5.41, 5.74) is 2.99. The van der Waals surface area contributed by atoms with E-state index in [9.17, 15) is 4.79 Å². The smallest absolute Gasteiger partial charge is 0.251 e. The number of hydrogen-bond acceptors (Lipinski definition) is 4. The Hall–Kier alpha value is -1.14. The molecule has 1 atom stereocenters. The van der Waals surface area contributed by atoms with Crippen LogP contribution in [0.5, 0.6) is 0 Å². The Morgan fingerprint density at radius 1 is 1.40 bits per heavy atom. The standard InChI is InChI=1S/C19H26N2O2S.ClH/c1-4-14-10-17(13(2)20-19(14)22)18-8-7-16(24-18)11-21-9-5-6-15(21)12-23-3;/h7-8,10,15H,4-6,9,11-12H2,1-3H3,(H,20,22);1H. The summed E-state index contributed by atoms with van der Waals surface area (Å²) >= 11 is 1.83. The second-order valence-electron chi connectivity index (χ2n) is 6.50. The Morgan fingerprint density at radius 2 is 2.20 bits per heavy atom. The quantitative estimate of drug-likeness (QED) is 0.821. The second kappa shape index (κ2) is 8.99. The van der Waals surface area contributed by atoms with Crippen molar-refractivity contribution in [2.45, 2.75) is 45.7 Å². The Kier molecular flexibility index (Phi) is 7.25. The first-order valence-corrected chi connectivity index (χ1v) is 9.49. The van der Waals surface area contributed by atoms with Gasteiger partial charge in [-0.1, -0.05) is 6.92 Å². The Labute approximate surface area is 159 Å². The number of thiophene rings is 1. The largest absolute Gasteiger partial charge is 0.383 e. The van der Waals surface area contributed by atoms with Gasteiger partial charge in [0.15, 0.2) is 0 Å². The topological polar surface area (TPSA) is 45.3 Å². The highest BCUT2D eigenvalue weighted by atomic mass is 35.5. The fourth-order valence-corrected chi connectivity index (χ4v) is 4.58. The van der Waals surface area contributed by atoms with Crippen LogP contribution in [-0.2, 0) is 17.7 Å². The van der Waals surface area contributed by atoms with Crippen molar-refractivity contribution in [3.05, 3.63) is 44.7 Å². The van der Waals surface area contributed by atoms with Crippen LogP contribution in [0.4, 0.5) is 0 Å². The Balaban J connectivity index is 0.00000225. The number of aryl methyl sites for hydroxylation is 2. The predicted molar refractivity (Wildman–Crippen MR) is 107 cm³/mol. The molecule has 1 unspecified atom stereocenters. The summed E-state index contributed by atoms with van der Waals surface area (Å²) in [6.45, 7) is 6.95. The molecule has 1 aliphatic heterocycles. The van der Waals surface area contributed by atoms with E-state index in [0.29, 0.717) is 6.04 Å². The molecule has 0 aromatic carbocycles. The lowest BCUT2D eigenvalue weighted by atomic mass is 10.1. The summed E-state index contributed by atoms with van der Waals surface area (Å²) in [6.07, 6.45) is 3.24. The van der Waals surface area contributed by atoms with Crippen LogP contribution in [0.1, 0.15) is 35.9 Å². The number of nitrogens with zero attached hydrogens (tertiary/aromatic N) is 1. The van der Waals surface area contributed by atoms with Crippen molar-refractivity contribution >= 4 is 23.7 Å². The average molecular weight is 383 g/mol. The number of hydrogen-bond donors (Lipinski definition) is 1. The zero-order chi connectivity index (χ0) is 17.1. The molecule has 4 nitrogen and oxygen atoms in total. The van der Waals surface area contributed by atoms with E-state index in [4.69, 9.17) is 4.74 Å². The van der Waals surface area contributed by atoms with Crippen LogP contribution in [0.3, 0.4) is 0 Å². The molecule has 1 N–H and O–H groups in total. The lowest BCUT2D eigenvalue weighted by molar-refractivity contribution is 0.112. The maximum atomic E-state index is 11.9. The minimum absolute atomic E-state index is 0. The maximum Gasteiger partial charge on any atom is 0.251 e. The van der Waals surface area contributed by atoms with Crippen molar-refractivity contribution in [3.63, 3.8) is 0 Å². The van der Waals surface area contributed by atoms with Crippen LogP contribution in [0, 0.1) is 6.92 Å². The van der Waals surface area contributed by atoms with Gasteiger partial charge in [-0.25, -0.2) is 0 Å². The van der Waals surface area contributed by atoms with Crippen LogP contribution >= 0.6 is 23.7 Å². The van der Waals surface area contributed by atoms with Gasteiger partial charge in [0.2, 0.25) is 0 Å². The van der Waals surface area contributed by atoms with Crippen molar-refractivity contribution < 1.29 is 4.74 Å². The number of aromatic amines is 1. The summed E-state index contributed by atoms with van der Waals surface area (Å²) in [6, 6.07) is 7.00. The highest BCUT2D eigenvalue weighted by molar-refractivity contribution is 7.15. The number of H-pyrrole nitrogens is 1. The summed E-state index contributed by atoms with van der Waals surface area (Å²) in [5, 5.41) is 0. The van der Waals surface area contributed by atoms with Crippen LogP contribution in [0.15, 0.2) is 23.0 Å². The SMILES string of the molecule is CCc1cc(-c2ccc(CN3CCCC3COC)s2)c(C)[nH]c1=O.Cl. The molecule has 0 spiro atoms. The molecule has 6 heteroatoms. The zero-order valence-corrected chi connectivity index (χ0v) is 16.8. The fourth-order valence-electron chi connectivity index (χ4n) is 3.48. The minimum Gasteiger partial charge on any atom is -0.383 e. The van der Waals surface area contributed by atoms with E-state index in [2.05, 4.69) is 22.0 Å². The van der Waals surface area contributed by atoms with Gasteiger partial charge in [-0.15, -0.1) is 23.7 Å². The first-order chi connectivity index (χ1) is 11.6. The van der Waals surface area contributed by atoms with Crippen molar-refractivity contribution in [2.75, 3.05) is 20.3 Å². The van der Waals surface area contributed by atoms with E-state index in [-0.39, 0.29) is 18.0 Å². The molecule has 3 heterocycles. The third kappa shape index (κ3) is 4.53. The molecule has 1 saturated heterocycles. The summed E-state index contributed by atoms with van der Waals surface area (Å²) < 4.78 is 5.35. The normalized spacial score (nSPS) is 17.6. The number of likely N-dealkylation sites (tertiary alicyclic amines) is 1. The van der Waals surface area contributed by atoms with Gasteiger partial charge in [-0.3, -0.25) is 9.69 Å². The number of rotatable bonds is 6. The van der Waals surface area contributed by atoms with E-state index in [1.54, 1.807) is 7.11 Å². The molecule has 0 saturated carbocycles. The highest BCUT2D eigenvalue weighted by Gasteiger charge is 2.24. The number of ether oxygens (including phenoxy) is 1. The lowest BCUT2D eigenvalue weighted by Crippen LogP contribution is -2.32. The summed E-state index contributed by atoms with van der Waals surface area (Å²) in [7, 11) is 1.78. The predicted octanol–water partition coefficient (Wildman–Crippen LogP) is 4.01. The molecule has 0 aliphatic carbocycles. The highest BCUT2D eigenvalue weighted by Crippen LogP contribution is 2.32. The van der Waals surface area contributed by atoms with Crippen LogP contribution in [0.2, 0.25) is 0 Å². The van der Waals surface area contributed by atoms with Gasteiger partial charge >= 0.3 is 0 Å². The van der Waals surface area contributed by atoms with Crippen molar-refractivity contribution in [3.8, 4) is 10.4 Å². The minimum atomic E-state index is 0. The average Bonchev–Trinajstić information content (AvgIpc) is 3.19. The molecule has 25 heavy (non-hydrogen) atoms. The van der Waals surface area contributed by atoms with Gasteiger partial charge in [0.25, 0.3) is 5.56 Å². The number of halogens is 1. The summed E-state index contributed by atoms with van der Waals surface area (Å²) in [4.78, 5) is 20.0. The maximum absolute atomic E-state index is 11.9. The number of aromatic nitrogens is 1. The van der Waals surface area contributed by atoms with Crippen LogP contribution in [0.25, 0.3) is 10.4 Å². The van der Waals surface area contributed by atoms with Crippen molar-refractivity contribution in [1.82, 2.24) is 9.88 Å². The molecule has 0 bridgehead atoms.